The van der Waals surface area contributed by atoms with Gasteiger partial charge in [-0.2, -0.15) is 0 Å². The number of benzene rings is 2. The number of hydrogen-bond acceptors (Lipinski definition) is 4. The molecule has 0 heterocycles. The van der Waals surface area contributed by atoms with Crippen LogP contribution in [-0.2, 0) is 10.0 Å². The highest BCUT2D eigenvalue weighted by Crippen LogP contribution is 2.21. The topological polar surface area (TPSA) is 93.4 Å². The standard InChI is InChI=1S/C14H15N3O3S2/c1-20-12-7-5-10(6-8-12)17-22(18,19)13-4-2-3-11(9-13)16-14(15)21/h2-9,17H,1H3,(H3,15,16,21). The van der Waals surface area contributed by atoms with E-state index in [1.165, 1.54) is 12.1 Å². The number of hydrogen-bond donors (Lipinski definition) is 3. The van der Waals surface area contributed by atoms with Crippen LogP contribution in [0, 0.1) is 0 Å². The molecular formula is C14H15N3O3S2. The summed E-state index contributed by atoms with van der Waals surface area (Å²) in [5.41, 5.74) is 6.32. The van der Waals surface area contributed by atoms with E-state index >= 15 is 0 Å². The number of anilines is 2. The minimum absolute atomic E-state index is 0.0673. The predicted octanol–water partition coefficient (Wildman–Crippen LogP) is 2.15. The molecule has 0 amide bonds. The van der Waals surface area contributed by atoms with Crippen molar-refractivity contribution < 1.29 is 13.2 Å². The number of nitrogens with one attached hydrogen (secondary N) is 2. The molecule has 6 nitrogen and oxygen atoms in total. The highest BCUT2D eigenvalue weighted by atomic mass is 32.2. The van der Waals surface area contributed by atoms with Crippen molar-refractivity contribution in [3.8, 4) is 5.75 Å². The van der Waals surface area contributed by atoms with Crippen molar-refractivity contribution >= 4 is 38.7 Å². The quantitative estimate of drug-likeness (QED) is 0.724. The fourth-order valence-corrected chi connectivity index (χ4v) is 2.98. The predicted molar refractivity (Wildman–Crippen MR) is 90.7 cm³/mol. The average molecular weight is 337 g/mol. The second kappa shape index (κ2) is 6.63. The molecule has 0 bridgehead atoms. The molecule has 0 aliphatic carbocycles. The fourth-order valence-electron chi connectivity index (χ4n) is 1.76. The highest BCUT2D eigenvalue weighted by Gasteiger charge is 2.14. The largest absolute Gasteiger partial charge is 0.497 e. The van der Waals surface area contributed by atoms with E-state index < -0.39 is 10.0 Å². The molecule has 0 aromatic heterocycles. The zero-order chi connectivity index (χ0) is 16.2. The molecule has 0 unspecified atom stereocenters. The maximum absolute atomic E-state index is 12.4. The number of nitrogens with two attached hydrogens (primary N) is 1. The summed E-state index contributed by atoms with van der Waals surface area (Å²) >= 11 is 4.73. The van der Waals surface area contributed by atoms with Crippen LogP contribution < -0.4 is 20.5 Å². The van der Waals surface area contributed by atoms with Gasteiger partial charge in [-0.15, -0.1) is 0 Å². The van der Waals surface area contributed by atoms with Gasteiger partial charge in [0, 0.05) is 11.4 Å². The summed E-state index contributed by atoms with van der Waals surface area (Å²) < 4.78 is 32.2. The molecule has 0 aliphatic heterocycles. The van der Waals surface area contributed by atoms with E-state index in [4.69, 9.17) is 22.7 Å². The molecule has 2 aromatic rings. The van der Waals surface area contributed by atoms with Gasteiger partial charge in [-0.1, -0.05) is 6.07 Å². The molecule has 0 radical (unpaired) electrons. The van der Waals surface area contributed by atoms with E-state index in [9.17, 15) is 8.42 Å². The van der Waals surface area contributed by atoms with E-state index in [2.05, 4.69) is 10.0 Å². The molecule has 0 saturated heterocycles. The molecule has 4 N–H and O–H groups in total. The molecule has 2 rings (SSSR count). The lowest BCUT2D eigenvalue weighted by atomic mass is 10.3. The summed E-state index contributed by atoms with van der Waals surface area (Å²) in [7, 11) is -2.16. The molecule has 0 aliphatic rings. The molecule has 0 atom stereocenters. The van der Waals surface area contributed by atoms with Crippen LogP contribution in [0.3, 0.4) is 0 Å². The minimum Gasteiger partial charge on any atom is -0.497 e. The van der Waals surface area contributed by atoms with Gasteiger partial charge in [0.2, 0.25) is 0 Å². The van der Waals surface area contributed by atoms with Gasteiger partial charge in [-0.25, -0.2) is 8.42 Å². The zero-order valence-electron chi connectivity index (χ0n) is 11.7. The summed E-state index contributed by atoms with van der Waals surface area (Å²) in [6.07, 6.45) is 0. The number of sulfonamides is 1. The van der Waals surface area contributed by atoms with Crippen LogP contribution in [0.4, 0.5) is 11.4 Å². The van der Waals surface area contributed by atoms with Gasteiger partial charge in [0.15, 0.2) is 5.11 Å². The third-order valence-corrected chi connectivity index (χ3v) is 4.24. The molecule has 0 fully saturated rings. The Morgan fingerprint density at radius 2 is 1.82 bits per heavy atom. The van der Waals surface area contributed by atoms with Crippen molar-refractivity contribution in [2.45, 2.75) is 4.90 Å². The highest BCUT2D eigenvalue weighted by molar-refractivity contribution is 7.92. The van der Waals surface area contributed by atoms with Gasteiger partial charge in [0.1, 0.15) is 5.75 Å². The molecule has 116 valence electrons. The SMILES string of the molecule is COc1ccc(NS(=O)(=O)c2cccc(NC(N)=S)c2)cc1. The second-order valence-electron chi connectivity index (χ2n) is 4.35. The van der Waals surface area contributed by atoms with Gasteiger partial charge >= 0.3 is 0 Å². The minimum atomic E-state index is -3.71. The Labute approximate surface area is 134 Å². The Balaban J connectivity index is 2.23. The van der Waals surface area contributed by atoms with Crippen LogP contribution in [-0.4, -0.2) is 20.6 Å². The zero-order valence-corrected chi connectivity index (χ0v) is 13.4. The summed E-state index contributed by atoms with van der Waals surface area (Å²) in [6, 6.07) is 12.8. The lowest BCUT2D eigenvalue weighted by Gasteiger charge is -2.10. The van der Waals surface area contributed by atoms with Crippen LogP contribution in [0.25, 0.3) is 0 Å². The van der Waals surface area contributed by atoms with Crippen molar-refractivity contribution in [1.82, 2.24) is 0 Å². The van der Waals surface area contributed by atoms with Crippen LogP contribution in [0.5, 0.6) is 5.75 Å². The Kier molecular flexibility index (Phi) is 4.84. The monoisotopic (exact) mass is 337 g/mol. The number of rotatable bonds is 5. The first kappa shape index (κ1) is 16.1. The normalized spacial score (nSPS) is 10.8. The van der Waals surface area contributed by atoms with Crippen LogP contribution in [0.1, 0.15) is 0 Å². The van der Waals surface area contributed by atoms with Gasteiger partial charge < -0.3 is 15.8 Å². The molecular weight excluding hydrogens is 322 g/mol. The lowest BCUT2D eigenvalue weighted by molar-refractivity contribution is 0.415. The summed E-state index contributed by atoms with van der Waals surface area (Å²) in [5, 5.41) is 2.76. The smallest absolute Gasteiger partial charge is 0.261 e. The summed E-state index contributed by atoms with van der Waals surface area (Å²) in [5.74, 6) is 0.644. The molecule has 8 heteroatoms. The Morgan fingerprint density at radius 1 is 1.14 bits per heavy atom. The maximum atomic E-state index is 12.4. The third-order valence-electron chi connectivity index (χ3n) is 2.75. The maximum Gasteiger partial charge on any atom is 0.261 e. The van der Waals surface area contributed by atoms with E-state index in [0.717, 1.165) is 0 Å². The van der Waals surface area contributed by atoms with Gasteiger partial charge in [-0.3, -0.25) is 4.72 Å². The lowest BCUT2D eigenvalue weighted by Crippen LogP contribution is -2.19. The molecule has 22 heavy (non-hydrogen) atoms. The Bertz CT molecular complexity index is 774. The van der Waals surface area contributed by atoms with Crippen LogP contribution in [0.2, 0.25) is 0 Å². The van der Waals surface area contributed by atoms with E-state index in [1.807, 2.05) is 0 Å². The first-order chi connectivity index (χ1) is 10.4. The van der Waals surface area contributed by atoms with E-state index in [1.54, 1.807) is 43.5 Å². The number of thiocarbonyl (C=S) groups is 1. The molecule has 0 spiro atoms. The second-order valence-corrected chi connectivity index (χ2v) is 6.47. The van der Waals surface area contributed by atoms with E-state index in [-0.39, 0.29) is 10.0 Å². The van der Waals surface area contributed by atoms with Gasteiger partial charge in [-0.05, 0) is 54.7 Å². The van der Waals surface area contributed by atoms with Crippen LogP contribution >= 0.6 is 12.2 Å². The first-order valence-corrected chi connectivity index (χ1v) is 8.13. The number of ether oxygens (including phenoxy) is 1. The fraction of sp³-hybridized carbons (Fsp3) is 0.0714. The Morgan fingerprint density at radius 3 is 2.41 bits per heavy atom. The third kappa shape index (κ3) is 4.09. The molecule has 2 aromatic carbocycles. The Hall–Kier alpha value is -2.32. The van der Waals surface area contributed by atoms with Crippen molar-refractivity contribution in [3.05, 3.63) is 48.5 Å². The van der Waals surface area contributed by atoms with Gasteiger partial charge in [0.25, 0.3) is 10.0 Å². The molecule has 0 saturated carbocycles. The van der Waals surface area contributed by atoms with Gasteiger partial charge in [0.05, 0.1) is 12.0 Å². The first-order valence-electron chi connectivity index (χ1n) is 6.24. The van der Waals surface area contributed by atoms with Crippen LogP contribution in [0.15, 0.2) is 53.4 Å². The van der Waals surface area contributed by atoms with Crippen molar-refractivity contribution in [2.75, 3.05) is 17.1 Å². The summed E-state index contributed by atoms with van der Waals surface area (Å²) in [4.78, 5) is 0.101. The van der Waals surface area contributed by atoms with Crippen molar-refractivity contribution in [3.63, 3.8) is 0 Å². The van der Waals surface area contributed by atoms with Crippen molar-refractivity contribution in [2.24, 2.45) is 5.73 Å². The van der Waals surface area contributed by atoms with Crippen molar-refractivity contribution in [1.29, 1.82) is 0 Å². The number of methoxy groups -OCH3 is 1. The summed E-state index contributed by atoms with van der Waals surface area (Å²) in [6.45, 7) is 0. The average Bonchev–Trinajstić information content (AvgIpc) is 2.47. The van der Waals surface area contributed by atoms with E-state index in [0.29, 0.717) is 17.1 Å².